The molecule has 0 bridgehead atoms. The van der Waals surface area contributed by atoms with Crippen molar-refractivity contribution in [3.05, 3.63) is 35.9 Å². The third-order valence-corrected chi connectivity index (χ3v) is 6.58. The second-order valence-corrected chi connectivity index (χ2v) is 7.79. The Labute approximate surface area is 129 Å². The minimum Gasteiger partial charge on any atom is -0.480 e. The molecule has 0 amide bonds. The van der Waals surface area contributed by atoms with Gasteiger partial charge in [0.15, 0.2) is 0 Å². The molecule has 0 spiro atoms. The van der Waals surface area contributed by atoms with Crippen molar-refractivity contribution in [3.8, 4) is 0 Å². The van der Waals surface area contributed by atoms with Gasteiger partial charge in [0.05, 0.1) is 0 Å². The third-order valence-electron chi connectivity index (χ3n) is 4.52. The molecule has 0 heterocycles. The SMILES string of the molecule is CCC1CCC(S(=O)C(Cc2ccccc2)C(=O)O)CC1. The molecule has 2 rings (SSSR count). The molecule has 116 valence electrons. The lowest BCUT2D eigenvalue weighted by Crippen LogP contribution is -2.36. The molecule has 2 unspecified atom stereocenters. The maximum absolute atomic E-state index is 12.7. The average molecular weight is 308 g/mol. The quantitative estimate of drug-likeness (QED) is 0.876. The Bertz CT molecular complexity index is 478. The first-order valence-corrected chi connectivity index (χ1v) is 9.05. The zero-order valence-corrected chi connectivity index (χ0v) is 13.3. The lowest BCUT2D eigenvalue weighted by molar-refractivity contribution is -0.136. The van der Waals surface area contributed by atoms with E-state index in [1.165, 1.54) is 6.42 Å². The summed E-state index contributed by atoms with van der Waals surface area (Å²) in [7, 11) is -1.29. The van der Waals surface area contributed by atoms with Gasteiger partial charge < -0.3 is 5.11 Å². The topological polar surface area (TPSA) is 54.4 Å². The maximum Gasteiger partial charge on any atom is 0.319 e. The molecule has 0 aliphatic heterocycles. The Morgan fingerprint density at radius 1 is 1.24 bits per heavy atom. The van der Waals surface area contributed by atoms with Gasteiger partial charge >= 0.3 is 5.97 Å². The first-order valence-electron chi connectivity index (χ1n) is 7.78. The largest absolute Gasteiger partial charge is 0.480 e. The van der Waals surface area contributed by atoms with E-state index >= 15 is 0 Å². The van der Waals surface area contributed by atoms with Crippen molar-refractivity contribution in [2.24, 2.45) is 5.92 Å². The summed E-state index contributed by atoms with van der Waals surface area (Å²) in [6.45, 7) is 2.19. The summed E-state index contributed by atoms with van der Waals surface area (Å²) in [5.74, 6) is -0.203. The van der Waals surface area contributed by atoms with Crippen LogP contribution in [0.25, 0.3) is 0 Å². The van der Waals surface area contributed by atoms with Crippen LogP contribution in [-0.4, -0.2) is 25.8 Å². The molecule has 4 heteroatoms. The molecule has 1 aliphatic carbocycles. The standard InChI is InChI=1S/C17H24O3S/c1-2-13-8-10-15(11-9-13)21(20)16(17(18)19)12-14-6-4-3-5-7-14/h3-7,13,15-16H,2,8-12H2,1H3,(H,18,19). The van der Waals surface area contributed by atoms with Gasteiger partial charge in [0.25, 0.3) is 0 Å². The van der Waals surface area contributed by atoms with Crippen LogP contribution in [0.4, 0.5) is 0 Å². The molecular weight excluding hydrogens is 284 g/mol. The molecule has 21 heavy (non-hydrogen) atoms. The second kappa shape index (κ2) is 7.74. The number of benzene rings is 1. The highest BCUT2D eigenvalue weighted by Gasteiger charge is 2.33. The van der Waals surface area contributed by atoms with E-state index in [2.05, 4.69) is 6.92 Å². The fourth-order valence-corrected chi connectivity index (χ4v) is 4.86. The Balaban J connectivity index is 2.01. The van der Waals surface area contributed by atoms with Crippen LogP contribution < -0.4 is 0 Å². The van der Waals surface area contributed by atoms with Crippen molar-refractivity contribution in [1.82, 2.24) is 0 Å². The van der Waals surface area contributed by atoms with E-state index in [9.17, 15) is 14.1 Å². The second-order valence-electron chi connectivity index (χ2n) is 5.90. The fourth-order valence-electron chi connectivity index (χ4n) is 3.10. The van der Waals surface area contributed by atoms with Crippen molar-refractivity contribution in [1.29, 1.82) is 0 Å². The minimum atomic E-state index is -1.29. The van der Waals surface area contributed by atoms with Crippen LogP contribution >= 0.6 is 0 Å². The molecule has 2 atom stereocenters. The molecule has 1 fully saturated rings. The molecule has 3 nitrogen and oxygen atoms in total. The van der Waals surface area contributed by atoms with Gasteiger partial charge in [0.2, 0.25) is 0 Å². The van der Waals surface area contributed by atoms with Crippen molar-refractivity contribution in [3.63, 3.8) is 0 Å². The van der Waals surface area contributed by atoms with Crippen molar-refractivity contribution >= 4 is 16.8 Å². The Hall–Kier alpha value is -1.16. The predicted octanol–water partition coefficient (Wildman–Crippen LogP) is 3.40. The van der Waals surface area contributed by atoms with Crippen LogP contribution in [0.3, 0.4) is 0 Å². The number of hydrogen-bond acceptors (Lipinski definition) is 2. The van der Waals surface area contributed by atoms with Gasteiger partial charge in [-0.3, -0.25) is 9.00 Å². The van der Waals surface area contributed by atoms with Crippen molar-refractivity contribution < 1.29 is 14.1 Å². The summed E-state index contributed by atoms with van der Waals surface area (Å²) in [4.78, 5) is 11.5. The zero-order valence-electron chi connectivity index (χ0n) is 12.5. The van der Waals surface area contributed by atoms with Crippen LogP contribution in [0.1, 0.15) is 44.6 Å². The minimum absolute atomic E-state index is 0.0533. The highest BCUT2D eigenvalue weighted by Crippen LogP contribution is 2.30. The van der Waals surface area contributed by atoms with Gasteiger partial charge in [-0.05, 0) is 43.6 Å². The van der Waals surface area contributed by atoms with Crippen molar-refractivity contribution in [2.45, 2.75) is 55.9 Å². The molecule has 0 radical (unpaired) electrons. The molecule has 1 saturated carbocycles. The van der Waals surface area contributed by atoms with E-state index in [0.717, 1.165) is 37.2 Å². The van der Waals surface area contributed by atoms with Crippen LogP contribution in [0.15, 0.2) is 30.3 Å². The lowest BCUT2D eigenvalue weighted by atomic mass is 9.87. The van der Waals surface area contributed by atoms with Crippen LogP contribution in [0.5, 0.6) is 0 Å². The Morgan fingerprint density at radius 2 is 1.86 bits per heavy atom. The Kier molecular flexibility index (Phi) is 5.97. The summed E-state index contributed by atoms with van der Waals surface area (Å²) in [6, 6.07) is 9.50. The molecule has 1 aromatic rings. The Morgan fingerprint density at radius 3 is 2.38 bits per heavy atom. The normalized spacial score (nSPS) is 25.2. The third kappa shape index (κ3) is 4.40. The number of carboxylic acid groups (broad SMARTS) is 1. The average Bonchev–Trinajstić information content (AvgIpc) is 2.53. The van der Waals surface area contributed by atoms with Gasteiger partial charge in [0.1, 0.15) is 5.25 Å². The monoisotopic (exact) mass is 308 g/mol. The van der Waals surface area contributed by atoms with E-state index < -0.39 is 22.0 Å². The summed E-state index contributed by atoms with van der Waals surface area (Å²) in [5, 5.41) is 8.71. The summed E-state index contributed by atoms with van der Waals surface area (Å²) in [6.07, 6.45) is 5.52. The molecule has 1 aromatic carbocycles. The van der Waals surface area contributed by atoms with E-state index in [1.54, 1.807) is 0 Å². The first-order chi connectivity index (χ1) is 10.1. The number of aliphatic carboxylic acids is 1. The van der Waals surface area contributed by atoms with E-state index in [-0.39, 0.29) is 5.25 Å². The molecule has 1 aliphatic rings. The van der Waals surface area contributed by atoms with Gasteiger partial charge in [-0.25, -0.2) is 0 Å². The zero-order chi connectivity index (χ0) is 15.2. The maximum atomic E-state index is 12.7. The summed E-state index contributed by atoms with van der Waals surface area (Å²) >= 11 is 0. The fraction of sp³-hybridized carbons (Fsp3) is 0.588. The predicted molar refractivity (Wildman–Crippen MR) is 85.7 cm³/mol. The molecular formula is C17H24O3S. The first kappa shape index (κ1) is 16.2. The van der Waals surface area contributed by atoms with Crippen LogP contribution in [0, 0.1) is 5.92 Å². The smallest absolute Gasteiger partial charge is 0.319 e. The van der Waals surface area contributed by atoms with Gasteiger partial charge in [-0.1, -0.05) is 43.7 Å². The number of carbonyl (C=O) groups is 1. The van der Waals surface area contributed by atoms with Crippen molar-refractivity contribution in [2.75, 3.05) is 0 Å². The van der Waals surface area contributed by atoms with E-state index in [1.807, 2.05) is 30.3 Å². The lowest BCUT2D eigenvalue weighted by Gasteiger charge is -2.29. The highest BCUT2D eigenvalue weighted by molar-refractivity contribution is 7.87. The number of rotatable bonds is 6. The summed E-state index contributed by atoms with van der Waals surface area (Å²) < 4.78 is 12.7. The van der Waals surface area contributed by atoms with Crippen LogP contribution in [-0.2, 0) is 22.0 Å². The van der Waals surface area contributed by atoms with Gasteiger partial charge in [0, 0.05) is 16.0 Å². The van der Waals surface area contributed by atoms with Crippen LogP contribution in [0.2, 0.25) is 0 Å². The summed E-state index contributed by atoms with van der Waals surface area (Å²) in [5.41, 5.74) is 0.945. The molecule has 1 N–H and O–H groups in total. The van der Waals surface area contributed by atoms with Gasteiger partial charge in [-0.15, -0.1) is 0 Å². The van der Waals surface area contributed by atoms with E-state index in [0.29, 0.717) is 6.42 Å². The molecule has 0 saturated heterocycles. The van der Waals surface area contributed by atoms with E-state index in [4.69, 9.17) is 0 Å². The molecule has 0 aromatic heterocycles. The number of hydrogen-bond donors (Lipinski definition) is 1. The number of carboxylic acids is 1. The van der Waals surface area contributed by atoms with Gasteiger partial charge in [-0.2, -0.15) is 0 Å². The highest BCUT2D eigenvalue weighted by atomic mass is 32.2.